The van der Waals surface area contributed by atoms with Crippen LogP contribution in [0, 0.1) is 13.8 Å². The van der Waals surface area contributed by atoms with E-state index in [9.17, 15) is 4.79 Å². The van der Waals surface area contributed by atoms with Crippen molar-refractivity contribution in [2.75, 3.05) is 5.32 Å². The number of carbonyl (C=O) groups is 1. The largest absolute Gasteiger partial charge is 0.411 e. The molecule has 0 atom stereocenters. The van der Waals surface area contributed by atoms with Gasteiger partial charge < -0.3 is 14.3 Å². The number of rotatable bonds is 8. The van der Waals surface area contributed by atoms with Gasteiger partial charge in [0.15, 0.2) is 5.82 Å². The average Bonchev–Trinajstić information content (AvgIpc) is 3.44. The Morgan fingerprint density at radius 2 is 1.97 bits per heavy atom. The molecule has 0 spiro atoms. The third-order valence-electron chi connectivity index (χ3n) is 4.46. The van der Waals surface area contributed by atoms with E-state index in [0.717, 1.165) is 22.4 Å². The first-order valence-electron chi connectivity index (χ1n) is 9.62. The van der Waals surface area contributed by atoms with Crippen LogP contribution >= 0.6 is 11.8 Å². The van der Waals surface area contributed by atoms with Gasteiger partial charge in [-0.2, -0.15) is 4.98 Å². The molecule has 1 N–H and O–H groups in total. The lowest BCUT2D eigenvalue weighted by atomic mass is 10.1. The van der Waals surface area contributed by atoms with Crippen molar-refractivity contribution in [3.63, 3.8) is 0 Å². The van der Waals surface area contributed by atoms with Gasteiger partial charge in [0.05, 0.1) is 11.3 Å². The van der Waals surface area contributed by atoms with Crippen LogP contribution in [0.3, 0.4) is 0 Å². The van der Waals surface area contributed by atoms with E-state index in [1.54, 1.807) is 18.5 Å². The van der Waals surface area contributed by atoms with Crippen molar-refractivity contribution < 1.29 is 13.7 Å². The Morgan fingerprint density at radius 3 is 2.74 bits per heavy atom. The van der Waals surface area contributed by atoms with Crippen LogP contribution in [0.1, 0.15) is 29.3 Å². The fraction of sp³-hybridized carbons (Fsp3) is 0.238. The fourth-order valence-electron chi connectivity index (χ4n) is 2.88. The molecule has 0 saturated carbocycles. The normalized spacial score (nSPS) is 10.9. The Labute approximate surface area is 182 Å². The van der Waals surface area contributed by atoms with Crippen molar-refractivity contribution in [3.05, 3.63) is 65.6 Å². The maximum Gasteiger partial charge on any atom is 0.277 e. The molecular formula is C21H20N6O3S. The Kier molecular flexibility index (Phi) is 6.37. The van der Waals surface area contributed by atoms with Crippen molar-refractivity contribution in [1.82, 2.24) is 25.3 Å². The number of aryl methyl sites for hydroxylation is 3. The minimum Gasteiger partial charge on any atom is -0.411 e. The molecule has 0 aliphatic heterocycles. The zero-order chi connectivity index (χ0) is 21.6. The van der Waals surface area contributed by atoms with E-state index in [0.29, 0.717) is 35.0 Å². The zero-order valence-electron chi connectivity index (χ0n) is 17.0. The number of anilines is 1. The number of nitrogens with zero attached hydrogens (tertiary/aromatic N) is 5. The second kappa shape index (κ2) is 9.52. The van der Waals surface area contributed by atoms with Crippen LogP contribution in [0.25, 0.3) is 11.5 Å². The number of nitrogens with one attached hydrogen (secondary N) is 1. The van der Waals surface area contributed by atoms with Gasteiger partial charge in [0.25, 0.3) is 5.22 Å². The van der Waals surface area contributed by atoms with Gasteiger partial charge in [-0.15, -0.1) is 10.2 Å². The molecule has 10 heteroatoms. The van der Waals surface area contributed by atoms with Gasteiger partial charge in [-0.1, -0.05) is 35.1 Å². The number of aromatic nitrogens is 5. The summed E-state index contributed by atoms with van der Waals surface area (Å²) in [5.41, 5.74) is 3.65. The molecule has 9 nitrogen and oxygen atoms in total. The van der Waals surface area contributed by atoms with E-state index >= 15 is 0 Å². The van der Waals surface area contributed by atoms with Crippen LogP contribution < -0.4 is 5.32 Å². The van der Waals surface area contributed by atoms with Crippen molar-refractivity contribution in [3.8, 4) is 11.5 Å². The van der Waals surface area contributed by atoms with Gasteiger partial charge in [-0.3, -0.25) is 9.78 Å². The lowest BCUT2D eigenvalue weighted by molar-refractivity contribution is -0.116. The van der Waals surface area contributed by atoms with Gasteiger partial charge >= 0.3 is 0 Å². The van der Waals surface area contributed by atoms with Crippen molar-refractivity contribution in [1.29, 1.82) is 0 Å². The third-order valence-corrected chi connectivity index (χ3v) is 5.28. The summed E-state index contributed by atoms with van der Waals surface area (Å²) < 4.78 is 10.9. The van der Waals surface area contributed by atoms with E-state index in [-0.39, 0.29) is 12.3 Å². The molecule has 4 rings (SSSR count). The van der Waals surface area contributed by atoms with Crippen LogP contribution in [0.2, 0.25) is 0 Å². The summed E-state index contributed by atoms with van der Waals surface area (Å²) in [6.45, 7) is 3.93. The summed E-state index contributed by atoms with van der Waals surface area (Å²) in [4.78, 5) is 20.6. The summed E-state index contributed by atoms with van der Waals surface area (Å²) in [6, 6.07) is 9.54. The summed E-state index contributed by atoms with van der Waals surface area (Å²) in [5.74, 6) is 1.62. The quantitative estimate of drug-likeness (QED) is 0.409. The summed E-state index contributed by atoms with van der Waals surface area (Å²) in [6.07, 6.45) is 3.95. The van der Waals surface area contributed by atoms with Crippen LogP contribution in [-0.4, -0.2) is 31.2 Å². The number of carbonyl (C=O) groups excluding carboxylic acids is 1. The number of hydrogen-bond donors (Lipinski definition) is 1. The third kappa shape index (κ3) is 5.34. The molecule has 1 aromatic carbocycles. The summed E-state index contributed by atoms with van der Waals surface area (Å²) in [7, 11) is 0. The average molecular weight is 436 g/mol. The monoisotopic (exact) mass is 436 g/mol. The SMILES string of the molecule is Cc1cccc(C)c1NC(=O)CCc1nc(CSc2nnc(-c3cccnc3)o2)no1. The second-order valence-electron chi connectivity index (χ2n) is 6.82. The zero-order valence-corrected chi connectivity index (χ0v) is 17.8. The molecule has 4 aromatic rings. The molecule has 0 aliphatic rings. The number of amides is 1. The minimum absolute atomic E-state index is 0.0969. The highest BCUT2D eigenvalue weighted by atomic mass is 32.2. The van der Waals surface area contributed by atoms with E-state index in [4.69, 9.17) is 8.94 Å². The molecule has 0 unspecified atom stereocenters. The molecule has 0 saturated heterocycles. The first-order valence-corrected chi connectivity index (χ1v) is 10.6. The number of para-hydroxylation sites is 1. The topological polar surface area (TPSA) is 120 Å². The number of thioether (sulfide) groups is 1. The van der Waals surface area contributed by atoms with E-state index in [1.807, 2.05) is 38.1 Å². The molecular weight excluding hydrogens is 416 g/mol. The molecule has 3 aromatic heterocycles. The van der Waals surface area contributed by atoms with Gasteiger partial charge in [-0.05, 0) is 37.1 Å². The highest BCUT2D eigenvalue weighted by Crippen LogP contribution is 2.24. The van der Waals surface area contributed by atoms with Crippen molar-refractivity contribution >= 4 is 23.4 Å². The number of benzene rings is 1. The molecule has 158 valence electrons. The second-order valence-corrected chi connectivity index (χ2v) is 7.75. The van der Waals surface area contributed by atoms with Crippen LogP contribution in [0.15, 0.2) is 56.9 Å². The van der Waals surface area contributed by atoms with E-state index < -0.39 is 0 Å². The van der Waals surface area contributed by atoms with Crippen molar-refractivity contribution in [2.45, 2.75) is 37.7 Å². The maximum atomic E-state index is 12.3. The maximum absolute atomic E-state index is 12.3. The highest BCUT2D eigenvalue weighted by molar-refractivity contribution is 7.98. The van der Waals surface area contributed by atoms with Crippen molar-refractivity contribution in [2.24, 2.45) is 0 Å². The molecule has 3 heterocycles. The fourth-order valence-corrected chi connectivity index (χ4v) is 3.49. The smallest absolute Gasteiger partial charge is 0.277 e. The molecule has 0 aliphatic carbocycles. The van der Waals surface area contributed by atoms with E-state index in [2.05, 4.69) is 30.6 Å². The Morgan fingerprint density at radius 1 is 1.13 bits per heavy atom. The number of hydrogen-bond acceptors (Lipinski definition) is 9. The Bertz CT molecular complexity index is 1150. The van der Waals surface area contributed by atoms with E-state index in [1.165, 1.54) is 11.8 Å². The van der Waals surface area contributed by atoms with Crippen LogP contribution in [0.4, 0.5) is 5.69 Å². The van der Waals surface area contributed by atoms with Gasteiger partial charge in [0.1, 0.15) is 0 Å². The predicted molar refractivity (Wildman–Crippen MR) is 114 cm³/mol. The molecule has 1 amide bonds. The Balaban J connectivity index is 1.27. The molecule has 0 bridgehead atoms. The first kappa shape index (κ1) is 20.7. The summed E-state index contributed by atoms with van der Waals surface area (Å²) in [5, 5.41) is 15.3. The lowest BCUT2D eigenvalue weighted by Crippen LogP contribution is -2.14. The molecule has 31 heavy (non-hydrogen) atoms. The van der Waals surface area contributed by atoms with Gasteiger partial charge in [-0.25, -0.2) is 0 Å². The molecule has 0 radical (unpaired) electrons. The molecule has 0 fully saturated rings. The lowest BCUT2D eigenvalue weighted by Gasteiger charge is -2.10. The predicted octanol–water partition coefficient (Wildman–Crippen LogP) is 4.00. The summed E-state index contributed by atoms with van der Waals surface area (Å²) >= 11 is 1.31. The van der Waals surface area contributed by atoms with Crippen LogP contribution in [-0.2, 0) is 17.0 Å². The van der Waals surface area contributed by atoms with Crippen LogP contribution in [0.5, 0.6) is 0 Å². The number of pyridine rings is 1. The van der Waals surface area contributed by atoms with Gasteiger partial charge in [0.2, 0.25) is 17.7 Å². The minimum atomic E-state index is -0.0969. The highest BCUT2D eigenvalue weighted by Gasteiger charge is 2.14. The standard InChI is InChI=1S/C21H20N6O3S/c1-13-5-3-6-14(2)19(13)24-17(28)8-9-18-23-16(27-30-18)12-31-21-26-25-20(29-21)15-7-4-10-22-11-15/h3-7,10-11H,8-9,12H2,1-2H3,(H,24,28). The Hall–Kier alpha value is -3.53. The van der Waals surface area contributed by atoms with Gasteiger partial charge in [0, 0.05) is 30.9 Å². The first-order chi connectivity index (χ1) is 15.1.